The lowest BCUT2D eigenvalue weighted by Gasteiger charge is -2.09. The Balaban J connectivity index is 2.51. The Hall–Kier alpha value is -2.94. The van der Waals surface area contributed by atoms with Crippen LogP contribution >= 0.6 is 0 Å². The molecule has 2 aromatic carbocycles. The minimum atomic E-state index is -0.858. The number of hydrogen-bond donors (Lipinski definition) is 0. The van der Waals surface area contributed by atoms with E-state index < -0.39 is 22.2 Å². The van der Waals surface area contributed by atoms with Crippen molar-refractivity contribution in [3.05, 3.63) is 63.5 Å². The molecule has 6 heteroatoms. The van der Waals surface area contributed by atoms with Crippen molar-refractivity contribution in [3.63, 3.8) is 0 Å². The van der Waals surface area contributed by atoms with E-state index in [1.165, 1.54) is 12.1 Å². The van der Waals surface area contributed by atoms with Gasteiger partial charge in [0.15, 0.2) is 5.82 Å². The summed E-state index contributed by atoms with van der Waals surface area (Å²) in [4.78, 5) is 10.1. The molecule has 2 rings (SSSR count). The zero-order valence-electron chi connectivity index (χ0n) is 10.5. The molecule has 0 fully saturated rings. The van der Waals surface area contributed by atoms with Gasteiger partial charge in [-0.2, -0.15) is 5.26 Å². The number of nitro benzene ring substituents is 1. The summed E-state index contributed by atoms with van der Waals surface area (Å²) in [7, 11) is 0. The molecule has 0 saturated carbocycles. The largest absolute Gasteiger partial charge is 0.446 e. The van der Waals surface area contributed by atoms with E-state index >= 15 is 0 Å². The molecular formula is C14H9FN2O3. The molecule has 0 bridgehead atoms. The standard InChI is InChI=1S/C14H9FN2O3/c1-9-5-6-13(10(7-9)8-16)20-14-11(15)3-2-4-12(14)17(18)19/h2-7H,1H3. The van der Waals surface area contributed by atoms with Crippen LogP contribution in [0.2, 0.25) is 0 Å². The zero-order valence-corrected chi connectivity index (χ0v) is 10.5. The molecule has 100 valence electrons. The van der Waals surface area contributed by atoms with Crippen LogP contribution in [0, 0.1) is 34.2 Å². The van der Waals surface area contributed by atoms with Gasteiger partial charge in [0.25, 0.3) is 0 Å². The lowest BCUT2D eigenvalue weighted by molar-refractivity contribution is -0.385. The van der Waals surface area contributed by atoms with Gasteiger partial charge in [-0.3, -0.25) is 10.1 Å². The molecule has 0 spiro atoms. The lowest BCUT2D eigenvalue weighted by Crippen LogP contribution is -1.97. The highest BCUT2D eigenvalue weighted by Gasteiger charge is 2.21. The molecule has 0 atom stereocenters. The van der Waals surface area contributed by atoms with E-state index in [-0.39, 0.29) is 11.3 Å². The number of nitrogens with zero attached hydrogens (tertiary/aromatic N) is 2. The van der Waals surface area contributed by atoms with Crippen LogP contribution in [-0.4, -0.2) is 4.92 Å². The number of rotatable bonds is 3. The van der Waals surface area contributed by atoms with Crippen LogP contribution in [0.1, 0.15) is 11.1 Å². The van der Waals surface area contributed by atoms with Gasteiger partial charge in [-0.1, -0.05) is 12.1 Å². The summed E-state index contributed by atoms with van der Waals surface area (Å²) in [6, 6.07) is 10.0. The number of aryl methyl sites for hydroxylation is 1. The predicted molar refractivity (Wildman–Crippen MR) is 69.0 cm³/mol. The Morgan fingerprint density at radius 1 is 1.35 bits per heavy atom. The maximum atomic E-state index is 13.7. The molecule has 0 heterocycles. The van der Waals surface area contributed by atoms with E-state index in [1.54, 1.807) is 19.1 Å². The summed E-state index contributed by atoms with van der Waals surface area (Å²) < 4.78 is 18.9. The molecule has 2 aromatic rings. The first kappa shape index (κ1) is 13.5. The molecule has 0 N–H and O–H groups in total. The second kappa shape index (κ2) is 5.36. The number of halogens is 1. The minimum absolute atomic E-state index is 0.0753. The molecule has 0 aliphatic rings. The van der Waals surface area contributed by atoms with Crippen LogP contribution in [0.5, 0.6) is 11.5 Å². The van der Waals surface area contributed by atoms with Gasteiger partial charge in [0.2, 0.25) is 5.75 Å². The van der Waals surface area contributed by atoms with Gasteiger partial charge in [-0.05, 0) is 30.7 Å². The number of nitriles is 1. The van der Waals surface area contributed by atoms with Crippen molar-refractivity contribution < 1.29 is 14.1 Å². The number of benzene rings is 2. The van der Waals surface area contributed by atoms with Gasteiger partial charge in [0, 0.05) is 6.07 Å². The van der Waals surface area contributed by atoms with Crippen LogP contribution in [0.4, 0.5) is 10.1 Å². The average Bonchev–Trinajstić information content (AvgIpc) is 2.42. The van der Waals surface area contributed by atoms with Crippen molar-refractivity contribution in [2.45, 2.75) is 6.92 Å². The number of hydrogen-bond acceptors (Lipinski definition) is 4. The van der Waals surface area contributed by atoms with Crippen molar-refractivity contribution in [1.29, 1.82) is 5.26 Å². The molecular weight excluding hydrogens is 263 g/mol. The van der Waals surface area contributed by atoms with Gasteiger partial charge in [-0.15, -0.1) is 0 Å². The third kappa shape index (κ3) is 2.57. The molecule has 0 aliphatic carbocycles. The summed E-state index contributed by atoms with van der Waals surface area (Å²) in [5.41, 5.74) is 0.522. The SMILES string of the molecule is Cc1ccc(Oc2c(F)cccc2[N+](=O)[O-])c(C#N)c1. The van der Waals surface area contributed by atoms with E-state index in [0.717, 1.165) is 17.7 Å². The summed E-state index contributed by atoms with van der Waals surface area (Å²) in [6.45, 7) is 1.79. The topological polar surface area (TPSA) is 76.2 Å². The fourth-order valence-corrected chi connectivity index (χ4v) is 1.67. The summed E-state index contributed by atoms with van der Waals surface area (Å²) >= 11 is 0. The van der Waals surface area contributed by atoms with Gasteiger partial charge in [-0.25, -0.2) is 4.39 Å². The van der Waals surface area contributed by atoms with Gasteiger partial charge in [0.05, 0.1) is 10.5 Å². The first-order valence-corrected chi connectivity index (χ1v) is 5.64. The van der Waals surface area contributed by atoms with Crippen LogP contribution in [0.15, 0.2) is 36.4 Å². The Bertz CT molecular complexity index is 723. The molecule has 0 unspecified atom stereocenters. The molecule has 0 radical (unpaired) electrons. The van der Waals surface area contributed by atoms with Gasteiger partial charge in [0.1, 0.15) is 11.8 Å². The summed E-state index contributed by atoms with van der Waals surface area (Å²) in [5, 5.41) is 19.9. The molecule has 0 amide bonds. The highest BCUT2D eigenvalue weighted by molar-refractivity contribution is 5.52. The first-order chi connectivity index (χ1) is 9.52. The number of nitro groups is 1. The van der Waals surface area contributed by atoms with E-state index in [9.17, 15) is 14.5 Å². The van der Waals surface area contributed by atoms with Crippen LogP contribution < -0.4 is 4.74 Å². The Morgan fingerprint density at radius 2 is 2.10 bits per heavy atom. The quantitative estimate of drug-likeness (QED) is 0.630. The Morgan fingerprint density at radius 3 is 2.75 bits per heavy atom. The van der Waals surface area contributed by atoms with Crippen molar-refractivity contribution in [1.82, 2.24) is 0 Å². The van der Waals surface area contributed by atoms with Crippen LogP contribution in [0.3, 0.4) is 0 Å². The molecule has 0 saturated heterocycles. The minimum Gasteiger partial charge on any atom is -0.446 e. The average molecular weight is 272 g/mol. The van der Waals surface area contributed by atoms with Crippen molar-refractivity contribution in [2.75, 3.05) is 0 Å². The Labute approximate surface area is 114 Å². The second-order valence-electron chi connectivity index (χ2n) is 4.06. The molecule has 0 aliphatic heterocycles. The predicted octanol–water partition coefficient (Wildman–Crippen LogP) is 3.71. The smallest absolute Gasteiger partial charge is 0.314 e. The van der Waals surface area contributed by atoms with Crippen molar-refractivity contribution in [3.8, 4) is 17.6 Å². The fraction of sp³-hybridized carbons (Fsp3) is 0.0714. The third-order valence-corrected chi connectivity index (χ3v) is 2.61. The molecule has 20 heavy (non-hydrogen) atoms. The second-order valence-corrected chi connectivity index (χ2v) is 4.06. The van der Waals surface area contributed by atoms with E-state index in [4.69, 9.17) is 10.00 Å². The first-order valence-electron chi connectivity index (χ1n) is 5.64. The van der Waals surface area contributed by atoms with E-state index in [2.05, 4.69) is 0 Å². The maximum Gasteiger partial charge on any atom is 0.314 e. The highest BCUT2D eigenvalue weighted by atomic mass is 19.1. The van der Waals surface area contributed by atoms with Gasteiger partial charge < -0.3 is 4.74 Å². The number of para-hydroxylation sites is 1. The van der Waals surface area contributed by atoms with Crippen LogP contribution in [0.25, 0.3) is 0 Å². The van der Waals surface area contributed by atoms with Crippen molar-refractivity contribution in [2.24, 2.45) is 0 Å². The molecule has 5 nitrogen and oxygen atoms in total. The normalized spacial score (nSPS) is 9.85. The van der Waals surface area contributed by atoms with Crippen LogP contribution in [-0.2, 0) is 0 Å². The lowest BCUT2D eigenvalue weighted by atomic mass is 10.1. The van der Waals surface area contributed by atoms with Crippen molar-refractivity contribution >= 4 is 5.69 Å². The Kier molecular flexibility index (Phi) is 3.62. The monoisotopic (exact) mass is 272 g/mol. The van der Waals surface area contributed by atoms with E-state index in [1.807, 2.05) is 6.07 Å². The summed E-state index contributed by atoms with van der Waals surface area (Å²) in [6.07, 6.45) is 0. The molecule has 0 aromatic heterocycles. The summed E-state index contributed by atoms with van der Waals surface area (Å²) in [5.74, 6) is -1.28. The zero-order chi connectivity index (χ0) is 14.7. The number of ether oxygens (including phenoxy) is 1. The van der Waals surface area contributed by atoms with E-state index in [0.29, 0.717) is 0 Å². The highest BCUT2D eigenvalue weighted by Crippen LogP contribution is 2.35. The van der Waals surface area contributed by atoms with Gasteiger partial charge >= 0.3 is 5.69 Å². The third-order valence-electron chi connectivity index (χ3n) is 2.61. The fourth-order valence-electron chi connectivity index (χ4n) is 1.67. The maximum absolute atomic E-state index is 13.7.